The maximum atomic E-state index is 8.36. The fraction of sp³-hybridized carbons (Fsp3) is 0.333. The lowest BCUT2D eigenvalue weighted by Gasteiger charge is -2.07. The quantitative estimate of drug-likeness (QED) is 0.842. The van der Waals surface area contributed by atoms with E-state index in [4.69, 9.17) is 14.6 Å². The zero-order chi connectivity index (χ0) is 13.8. The van der Waals surface area contributed by atoms with Crippen LogP contribution in [-0.2, 0) is 4.79 Å². The van der Waals surface area contributed by atoms with Crippen molar-refractivity contribution < 1.29 is 14.6 Å². The number of carbonyl (C=O) groups is 1. The van der Waals surface area contributed by atoms with Gasteiger partial charge in [-0.3, -0.25) is 9.78 Å². The Hall–Kier alpha value is -2.10. The number of aryl methyl sites for hydroxylation is 1. The SMILES string of the molecule is COc1cc(C)cc2cc(C3CC3)cnc12.O=CO. The predicted molar refractivity (Wildman–Crippen MR) is 73.7 cm³/mol. The molecule has 0 aliphatic heterocycles. The first-order chi connectivity index (χ1) is 9.19. The molecule has 1 saturated carbocycles. The Balaban J connectivity index is 0.000000408. The van der Waals surface area contributed by atoms with Crippen LogP contribution in [0.15, 0.2) is 24.4 Å². The van der Waals surface area contributed by atoms with Crippen LogP contribution in [0.4, 0.5) is 0 Å². The van der Waals surface area contributed by atoms with Crippen LogP contribution in [0.1, 0.15) is 29.9 Å². The molecule has 1 aromatic heterocycles. The van der Waals surface area contributed by atoms with Crippen LogP contribution in [0.5, 0.6) is 5.75 Å². The van der Waals surface area contributed by atoms with E-state index in [1.54, 1.807) is 7.11 Å². The fourth-order valence-corrected chi connectivity index (χ4v) is 2.17. The first kappa shape index (κ1) is 13.3. The molecule has 1 aliphatic rings. The van der Waals surface area contributed by atoms with Gasteiger partial charge in [0.1, 0.15) is 11.3 Å². The number of fused-ring (bicyclic) bond motifs is 1. The molecule has 0 saturated heterocycles. The number of hydrogen-bond donors (Lipinski definition) is 1. The molecule has 0 spiro atoms. The van der Waals surface area contributed by atoms with Crippen molar-refractivity contribution in [3.05, 3.63) is 35.5 Å². The van der Waals surface area contributed by atoms with Crippen LogP contribution in [0, 0.1) is 6.92 Å². The summed E-state index contributed by atoms with van der Waals surface area (Å²) in [7, 11) is 1.70. The molecule has 100 valence electrons. The highest BCUT2D eigenvalue weighted by atomic mass is 16.5. The molecule has 0 amide bonds. The number of carboxylic acid groups (broad SMARTS) is 1. The minimum atomic E-state index is -0.250. The van der Waals surface area contributed by atoms with E-state index >= 15 is 0 Å². The molecule has 1 fully saturated rings. The molecule has 0 atom stereocenters. The lowest BCUT2D eigenvalue weighted by Crippen LogP contribution is -1.91. The smallest absolute Gasteiger partial charge is 0.290 e. The van der Waals surface area contributed by atoms with Gasteiger partial charge in [-0.25, -0.2) is 0 Å². The molecule has 0 bridgehead atoms. The Bertz CT molecular complexity index is 591. The molecule has 1 aliphatic carbocycles. The van der Waals surface area contributed by atoms with Gasteiger partial charge in [-0.15, -0.1) is 0 Å². The van der Waals surface area contributed by atoms with E-state index < -0.39 is 0 Å². The van der Waals surface area contributed by atoms with Gasteiger partial charge in [0.05, 0.1) is 7.11 Å². The Morgan fingerprint density at radius 1 is 1.37 bits per heavy atom. The topological polar surface area (TPSA) is 59.4 Å². The van der Waals surface area contributed by atoms with Gasteiger partial charge in [0.2, 0.25) is 0 Å². The van der Waals surface area contributed by atoms with Crippen molar-refractivity contribution in [2.24, 2.45) is 0 Å². The molecule has 4 heteroatoms. The molecule has 1 heterocycles. The van der Waals surface area contributed by atoms with Gasteiger partial charge < -0.3 is 9.84 Å². The van der Waals surface area contributed by atoms with Gasteiger partial charge in [0.25, 0.3) is 6.47 Å². The summed E-state index contributed by atoms with van der Waals surface area (Å²) in [6.07, 6.45) is 4.63. The molecule has 0 unspecified atom stereocenters. The van der Waals surface area contributed by atoms with Gasteiger partial charge in [0.15, 0.2) is 0 Å². The Kier molecular flexibility index (Phi) is 4.00. The van der Waals surface area contributed by atoms with E-state index in [1.165, 1.54) is 29.4 Å². The predicted octanol–water partition coefficient (Wildman–Crippen LogP) is 3.13. The van der Waals surface area contributed by atoms with E-state index in [0.717, 1.165) is 17.2 Å². The van der Waals surface area contributed by atoms with E-state index in [9.17, 15) is 0 Å². The second-order valence-electron chi connectivity index (χ2n) is 4.69. The summed E-state index contributed by atoms with van der Waals surface area (Å²) in [5.74, 6) is 1.63. The summed E-state index contributed by atoms with van der Waals surface area (Å²) in [6, 6.07) is 6.47. The number of methoxy groups -OCH3 is 1. The molecule has 2 aromatic rings. The summed E-state index contributed by atoms with van der Waals surface area (Å²) in [5, 5.41) is 8.08. The second-order valence-corrected chi connectivity index (χ2v) is 4.69. The number of benzene rings is 1. The molecule has 1 aromatic carbocycles. The van der Waals surface area contributed by atoms with Crippen LogP contribution >= 0.6 is 0 Å². The summed E-state index contributed by atoms with van der Waals surface area (Å²) >= 11 is 0. The summed E-state index contributed by atoms with van der Waals surface area (Å²) in [5.41, 5.74) is 3.57. The van der Waals surface area contributed by atoms with Crippen molar-refractivity contribution in [1.82, 2.24) is 4.98 Å². The number of hydrogen-bond acceptors (Lipinski definition) is 3. The second kappa shape index (κ2) is 5.69. The number of aromatic nitrogens is 1. The minimum absolute atomic E-state index is 0.250. The van der Waals surface area contributed by atoms with Gasteiger partial charge >= 0.3 is 0 Å². The highest BCUT2D eigenvalue weighted by Gasteiger charge is 2.24. The van der Waals surface area contributed by atoms with E-state index in [0.29, 0.717) is 0 Å². The van der Waals surface area contributed by atoms with Crippen molar-refractivity contribution in [2.75, 3.05) is 7.11 Å². The molecule has 19 heavy (non-hydrogen) atoms. The Morgan fingerprint density at radius 3 is 2.63 bits per heavy atom. The molecule has 4 nitrogen and oxygen atoms in total. The minimum Gasteiger partial charge on any atom is -0.494 e. The van der Waals surface area contributed by atoms with Crippen molar-refractivity contribution >= 4 is 17.4 Å². The van der Waals surface area contributed by atoms with E-state index in [2.05, 4.69) is 24.0 Å². The highest BCUT2D eigenvalue weighted by Crippen LogP contribution is 2.41. The summed E-state index contributed by atoms with van der Waals surface area (Å²) in [6.45, 7) is 1.84. The van der Waals surface area contributed by atoms with E-state index in [1.807, 2.05) is 12.3 Å². The number of nitrogens with zero attached hydrogens (tertiary/aromatic N) is 1. The summed E-state index contributed by atoms with van der Waals surface area (Å²) in [4.78, 5) is 12.9. The first-order valence-electron chi connectivity index (χ1n) is 6.21. The zero-order valence-corrected chi connectivity index (χ0v) is 11.1. The third-order valence-electron chi connectivity index (χ3n) is 3.18. The average molecular weight is 259 g/mol. The fourth-order valence-electron chi connectivity index (χ4n) is 2.17. The van der Waals surface area contributed by atoms with Crippen LogP contribution in [0.2, 0.25) is 0 Å². The molecule has 0 radical (unpaired) electrons. The maximum Gasteiger partial charge on any atom is 0.290 e. The first-order valence-corrected chi connectivity index (χ1v) is 6.21. The van der Waals surface area contributed by atoms with Crippen LogP contribution in [0.25, 0.3) is 10.9 Å². The van der Waals surface area contributed by atoms with Crippen LogP contribution < -0.4 is 4.74 Å². The standard InChI is InChI=1S/C14H15NO.CH2O2/c1-9-5-11-7-12(10-3-4-10)8-15-14(11)13(6-9)16-2;2-1-3/h5-8,10H,3-4H2,1-2H3;1H,(H,2,3). The monoisotopic (exact) mass is 259 g/mol. The van der Waals surface area contributed by atoms with Crippen LogP contribution in [-0.4, -0.2) is 23.7 Å². The van der Waals surface area contributed by atoms with Gasteiger partial charge in [-0.05, 0) is 55.0 Å². The third kappa shape index (κ3) is 3.02. The van der Waals surface area contributed by atoms with Gasteiger partial charge in [0, 0.05) is 11.6 Å². The van der Waals surface area contributed by atoms with E-state index in [-0.39, 0.29) is 6.47 Å². The largest absolute Gasteiger partial charge is 0.494 e. The summed E-state index contributed by atoms with van der Waals surface area (Å²) < 4.78 is 5.36. The van der Waals surface area contributed by atoms with Crippen molar-refractivity contribution in [3.8, 4) is 5.75 Å². The van der Waals surface area contributed by atoms with Gasteiger partial charge in [-0.1, -0.05) is 0 Å². The Labute approximate surface area is 112 Å². The number of rotatable bonds is 2. The number of pyridine rings is 1. The molecule has 1 N–H and O–H groups in total. The maximum absolute atomic E-state index is 8.36. The lowest BCUT2D eigenvalue weighted by molar-refractivity contribution is -0.122. The van der Waals surface area contributed by atoms with Crippen molar-refractivity contribution in [2.45, 2.75) is 25.7 Å². The third-order valence-corrected chi connectivity index (χ3v) is 3.18. The average Bonchev–Trinajstić information content (AvgIpc) is 3.22. The number of ether oxygens (including phenoxy) is 1. The lowest BCUT2D eigenvalue weighted by atomic mass is 10.1. The van der Waals surface area contributed by atoms with Gasteiger partial charge in [-0.2, -0.15) is 0 Å². The highest BCUT2D eigenvalue weighted by molar-refractivity contribution is 5.85. The van der Waals surface area contributed by atoms with Crippen LogP contribution in [0.3, 0.4) is 0 Å². The molecule has 3 rings (SSSR count). The van der Waals surface area contributed by atoms with Crippen molar-refractivity contribution in [3.63, 3.8) is 0 Å². The molecular weight excluding hydrogens is 242 g/mol. The Morgan fingerprint density at radius 2 is 2.05 bits per heavy atom. The van der Waals surface area contributed by atoms with Crippen molar-refractivity contribution in [1.29, 1.82) is 0 Å². The normalized spacial score (nSPS) is 13.6. The zero-order valence-electron chi connectivity index (χ0n) is 11.1. The molecular formula is C15H17NO3.